The average Bonchev–Trinajstić information content (AvgIpc) is 3.36. The molecule has 0 radical (unpaired) electrons. The van der Waals surface area contributed by atoms with Gasteiger partial charge in [-0.3, -0.25) is 4.79 Å². The maximum atomic E-state index is 15.0. The molecule has 29 heavy (non-hydrogen) atoms. The fraction of sp³-hybridized carbons (Fsp3) is 0.409. The van der Waals surface area contributed by atoms with Crippen LogP contribution in [-0.4, -0.2) is 24.2 Å². The van der Waals surface area contributed by atoms with Crippen molar-refractivity contribution in [3.8, 4) is 0 Å². The first-order valence-electron chi connectivity index (χ1n) is 9.77. The minimum Gasteiger partial charge on any atom is -0.399 e. The standard InChI is InChI=1S/C22H24BF2NO3/c1-20(2)21(3,4)29-23(28-20)15-7-10-17(18(25)13-15)22(11-12-22)26-19(27)14-5-8-16(24)9-6-14/h5-10,13H,11-12H2,1-4H3,(H,26,27). The van der Waals surface area contributed by atoms with Crippen molar-refractivity contribution in [3.05, 3.63) is 65.2 Å². The first kappa shape index (κ1) is 20.0. The summed E-state index contributed by atoms with van der Waals surface area (Å²) in [5.74, 6) is -1.17. The number of amides is 1. The van der Waals surface area contributed by atoms with E-state index in [2.05, 4.69) is 5.32 Å². The van der Waals surface area contributed by atoms with E-state index in [9.17, 15) is 9.18 Å². The molecular weight excluding hydrogens is 375 g/mol. The zero-order valence-electron chi connectivity index (χ0n) is 17.0. The Morgan fingerprint density at radius 3 is 2.07 bits per heavy atom. The van der Waals surface area contributed by atoms with Crippen molar-refractivity contribution in [1.82, 2.24) is 5.32 Å². The van der Waals surface area contributed by atoms with E-state index >= 15 is 4.39 Å². The van der Waals surface area contributed by atoms with Gasteiger partial charge >= 0.3 is 7.12 Å². The van der Waals surface area contributed by atoms with Gasteiger partial charge in [-0.15, -0.1) is 0 Å². The highest BCUT2D eigenvalue weighted by atomic mass is 19.1. The Morgan fingerprint density at radius 1 is 0.966 bits per heavy atom. The van der Waals surface area contributed by atoms with E-state index in [4.69, 9.17) is 9.31 Å². The molecule has 4 rings (SSSR count). The van der Waals surface area contributed by atoms with Gasteiger partial charge in [-0.1, -0.05) is 12.1 Å². The molecule has 2 aromatic carbocycles. The van der Waals surface area contributed by atoms with Gasteiger partial charge in [0, 0.05) is 11.1 Å². The van der Waals surface area contributed by atoms with Crippen LogP contribution in [-0.2, 0) is 14.8 Å². The molecule has 0 atom stereocenters. The van der Waals surface area contributed by atoms with E-state index < -0.39 is 35.5 Å². The number of hydrogen-bond donors (Lipinski definition) is 1. The average molecular weight is 399 g/mol. The molecule has 1 heterocycles. The second kappa shape index (κ2) is 6.64. The predicted molar refractivity (Wildman–Crippen MR) is 107 cm³/mol. The molecule has 2 aromatic rings. The number of carbonyl (C=O) groups is 1. The lowest BCUT2D eigenvalue weighted by atomic mass is 9.78. The summed E-state index contributed by atoms with van der Waals surface area (Å²) in [6.07, 6.45) is 1.29. The molecule has 152 valence electrons. The van der Waals surface area contributed by atoms with Crippen molar-refractivity contribution in [2.45, 2.75) is 57.3 Å². The third-order valence-electron chi connectivity index (χ3n) is 6.24. The van der Waals surface area contributed by atoms with Crippen LogP contribution in [0.5, 0.6) is 0 Å². The molecule has 1 amide bonds. The van der Waals surface area contributed by atoms with Crippen LogP contribution in [0.25, 0.3) is 0 Å². The van der Waals surface area contributed by atoms with Crippen LogP contribution in [0.15, 0.2) is 42.5 Å². The second-order valence-corrected chi connectivity index (χ2v) is 8.87. The summed E-state index contributed by atoms with van der Waals surface area (Å²) >= 11 is 0. The smallest absolute Gasteiger partial charge is 0.399 e. The molecule has 1 saturated carbocycles. The number of nitrogens with one attached hydrogen (secondary N) is 1. The molecule has 0 bridgehead atoms. The highest BCUT2D eigenvalue weighted by molar-refractivity contribution is 6.62. The minimum atomic E-state index is -0.732. The van der Waals surface area contributed by atoms with Crippen molar-refractivity contribution in [1.29, 1.82) is 0 Å². The molecular formula is C22H24BF2NO3. The zero-order chi connectivity index (χ0) is 21.0. The first-order valence-corrected chi connectivity index (χ1v) is 9.77. The molecule has 7 heteroatoms. The van der Waals surface area contributed by atoms with Crippen LogP contribution in [0.3, 0.4) is 0 Å². The lowest BCUT2D eigenvalue weighted by molar-refractivity contribution is 0.00578. The molecule has 4 nitrogen and oxygen atoms in total. The Kier molecular flexibility index (Phi) is 4.59. The Bertz CT molecular complexity index is 939. The number of halogens is 2. The summed E-state index contributed by atoms with van der Waals surface area (Å²) < 4.78 is 40.1. The number of rotatable bonds is 4. The van der Waals surface area contributed by atoms with Gasteiger partial charge in [0.2, 0.25) is 0 Å². The number of carbonyl (C=O) groups excluding carboxylic acids is 1. The van der Waals surface area contributed by atoms with Crippen LogP contribution in [0.1, 0.15) is 56.5 Å². The van der Waals surface area contributed by atoms with Gasteiger partial charge in [0.15, 0.2) is 0 Å². The molecule has 0 unspecified atom stereocenters. The fourth-order valence-corrected chi connectivity index (χ4v) is 3.52. The summed E-state index contributed by atoms with van der Waals surface area (Å²) in [5.41, 5.74) is -0.364. The normalized spacial score (nSPS) is 21.1. The largest absolute Gasteiger partial charge is 0.494 e. The third kappa shape index (κ3) is 3.58. The second-order valence-electron chi connectivity index (χ2n) is 8.87. The fourth-order valence-electron chi connectivity index (χ4n) is 3.52. The van der Waals surface area contributed by atoms with Gasteiger partial charge in [-0.2, -0.15) is 0 Å². The lowest BCUT2D eigenvalue weighted by Gasteiger charge is -2.32. The van der Waals surface area contributed by atoms with Crippen LogP contribution in [0.4, 0.5) is 8.78 Å². The van der Waals surface area contributed by atoms with Crippen molar-refractivity contribution in [2.24, 2.45) is 0 Å². The number of benzene rings is 2. The molecule has 0 spiro atoms. The quantitative estimate of drug-likeness (QED) is 0.798. The van der Waals surface area contributed by atoms with Crippen LogP contribution < -0.4 is 10.8 Å². The van der Waals surface area contributed by atoms with Gasteiger partial charge in [-0.25, -0.2) is 8.78 Å². The monoisotopic (exact) mass is 399 g/mol. The summed E-state index contributed by atoms with van der Waals surface area (Å²) in [6, 6.07) is 10.2. The van der Waals surface area contributed by atoms with E-state index in [1.54, 1.807) is 12.1 Å². The van der Waals surface area contributed by atoms with Crippen molar-refractivity contribution >= 4 is 18.5 Å². The lowest BCUT2D eigenvalue weighted by Crippen LogP contribution is -2.41. The van der Waals surface area contributed by atoms with E-state index in [0.29, 0.717) is 29.4 Å². The van der Waals surface area contributed by atoms with E-state index in [1.165, 1.54) is 30.3 Å². The van der Waals surface area contributed by atoms with Crippen molar-refractivity contribution in [2.75, 3.05) is 0 Å². The summed E-state index contributed by atoms with van der Waals surface area (Å²) in [6.45, 7) is 7.79. The highest BCUT2D eigenvalue weighted by Crippen LogP contribution is 2.46. The van der Waals surface area contributed by atoms with Gasteiger partial charge in [0.1, 0.15) is 11.6 Å². The predicted octanol–water partition coefficient (Wildman–Crippen LogP) is 3.68. The Balaban J connectivity index is 1.54. The Hall–Kier alpha value is -2.25. The first-order chi connectivity index (χ1) is 13.5. The summed E-state index contributed by atoms with van der Waals surface area (Å²) in [5, 5.41) is 2.91. The highest BCUT2D eigenvalue weighted by Gasteiger charge is 2.52. The molecule has 2 fully saturated rings. The van der Waals surface area contributed by atoms with Gasteiger partial charge < -0.3 is 14.6 Å². The molecule has 2 aliphatic rings. The molecule has 1 saturated heterocycles. The van der Waals surface area contributed by atoms with Gasteiger partial charge in [-0.05, 0) is 76.3 Å². The van der Waals surface area contributed by atoms with Crippen LogP contribution >= 0.6 is 0 Å². The van der Waals surface area contributed by atoms with Crippen molar-refractivity contribution in [3.63, 3.8) is 0 Å². The molecule has 0 aromatic heterocycles. The minimum absolute atomic E-state index is 0.340. The van der Waals surface area contributed by atoms with E-state index in [1.807, 2.05) is 27.7 Å². The molecule has 1 N–H and O–H groups in total. The maximum Gasteiger partial charge on any atom is 0.494 e. The van der Waals surface area contributed by atoms with E-state index in [-0.39, 0.29) is 5.91 Å². The maximum absolute atomic E-state index is 15.0. The Labute approximate surface area is 169 Å². The van der Waals surface area contributed by atoms with Crippen LogP contribution in [0.2, 0.25) is 0 Å². The summed E-state index contributed by atoms with van der Waals surface area (Å²) in [7, 11) is -0.646. The Morgan fingerprint density at radius 2 is 1.55 bits per heavy atom. The SMILES string of the molecule is CC1(C)OB(c2ccc(C3(NC(=O)c4ccc(F)cc4)CC3)c(F)c2)OC1(C)C. The van der Waals surface area contributed by atoms with E-state index in [0.717, 1.165) is 0 Å². The number of hydrogen-bond acceptors (Lipinski definition) is 3. The van der Waals surface area contributed by atoms with Crippen LogP contribution in [0, 0.1) is 11.6 Å². The molecule has 1 aliphatic carbocycles. The summed E-state index contributed by atoms with van der Waals surface area (Å²) in [4.78, 5) is 12.5. The van der Waals surface area contributed by atoms with Gasteiger partial charge in [0.05, 0.1) is 16.7 Å². The van der Waals surface area contributed by atoms with Gasteiger partial charge in [0.25, 0.3) is 5.91 Å². The topological polar surface area (TPSA) is 47.6 Å². The zero-order valence-corrected chi connectivity index (χ0v) is 17.0. The molecule has 1 aliphatic heterocycles. The third-order valence-corrected chi connectivity index (χ3v) is 6.24. The van der Waals surface area contributed by atoms with Crippen molar-refractivity contribution < 1.29 is 22.9 Å².